The number of hydrogen-bond donors (Lipinski definition) is 0. The van der Waals surface area contributed by atoms with E-state index in [9.17, 15) is 4.79 Å². The van der Waals surface area contributed by atoms with Crippen molar-refractivity contribution < 1.29 is 4.79 Å². The Morgan fingerprint density at radius 1 is 1.07 bits per heavy atom. The van der Waals surface area contributed by atoms with Crippen LogP contribution in [0.15, 0.2) is 54.7 Å². The quantitative estimate of drug-likeness (QED) is 0.613. The average Bonchev–Trinajstić information content (AvgIpc) is 3.39. The first-order valence-corrected chi connectivity index (χ1v) is 10.7. The van der Waals surface area contributed by atoms with Gasteiger partial charge in [0.25, 0.3) is 5.91 Å². The molecule has 3 aromatic rings. The molecule has 1 aromatic carbocycles. The first-order chi connectivity index (χ1) is 14.5. The molecule has 1 amide bonds. The van der Waals surface area contributed by atoms with E-state index in [1.54, 1.807) is 6.20 Å². The third-order valence-corrected chi connectivity index (χ3v) is 6.04. The van der Waals surface area contributed by atoms with E-state index in [1.807, 2.05) is 43.1 Å². The van der Waals surface area contributed by atoms with E-state index in [4.69, 9.17) is 0 Å². The number of pyridine rings is 1. The highest BCUT2D eigenvalue weighted by Crippen LogP contribution is 2.26. The van der Waals surface area contributed by atoms with Crippen molar-refractivity contribution >= 4 is 11.6 Å². The molecule has 5 nitrogen and oxygen atoms in total. The van der Waals surface area contributed by atoms with Crippen LogP contribution in [0, 0.1) is 13.8 Å². The molecule has 3 heterocycles. The number of rotatable bonds is 6. The summed E-state index contributed by atoms with van der Waals surface area (Å²) in [7, 11) is 1.90. The maximum Gasteiger partial charge on any atom is 0.255 e. The number of anilines is 1. The summed E-state index contributed by atoms with van der Waals surface area (Å²) in [4.78, 5) is 22.0. The monoisotopic (exact) mass is 402 g/mol. The smallest absolute Gasteiger partial charge is 0.255 e. The Morgan fingerprint density at radius 2 is 1.80 bits per heavy atom. The minimum absolute atomic E-state index is 0.0617. The van der Waals surface area contributed by atoms with Crippen molar-refractivity contribution in [1.82, 2.24) is 14.5 Å². The number of carbonyl (C=O) groups is 1. The van der Waals surface area contributed by atoms with Gasteiger partial charge in [-0.2, -0.15) is 0 Å². The number of nitrogens with zero attached hydrogens (tertiary/aromatic N) is 4. The minimum atomic E-state index is 0.0617. The van der Waals surface area contributed by atoms with Gasteiger partial charge < -0.3 is 14.4 Å². The van der Waals surface area contributed by atoms with Crippen LogP contribution in [-0.4, -0.2) is 40.5 Å². The normalized spacial score (nSPS) is 13.6. The second-order valence-corrected chi connectivity index (χ2v) is 8.18. The second kappa shape index (κ2) is 8.74. The van der Waals surface area contributed by atoms with Crippen LogP contribution in [0.25, 0.3) is 0 Å². The lowest BCUT2D eigenvalue weighted by Crippen LogP contribution is -2.28. The van der Waals surface area contributed by atoms with Crippen LogP contribution in [0.2, 0.25) is 0 Å². The van der Waals surface area contributed by atoms with Gasteiger partial charge in [-0.1, -0.05) is 24.3 Å². The lowest BCUT2D eigenvalue weighted by Gasteiger charge is -2.24. The number of aryl methyl sites for hydroxylation is 1. The van der Waals surface area contributed by atoms with Gasteiger partial charge >= 0.3 is 0 Å². The molecule has 1 aliphatic heterocycles. The Balaban J connectivity index is 1.53. The largest absolute Gasteiger partial charge is 0.371 e. The highest BCUT2D eigenvalue weighted by molar-refractivity contribution is 5.95. The van der Waals surface area contributed by atoms with Gasteiger partial charge in [-0.15, -0.1) is 0 Å². The lowest BCUT2D eigenvalue weighted by atomic mass is 10.1. The average molecular weight is 403 g/mol. The zero-order valence-corrected chi connectivity index (χ0v) is 18.1. The Bertz CT molecular complexity index is 1020. The second-order valence-electron chi connectivity index (χ2n) is 8.18. The van der Waals surface area contributed by atoms with Gasteiger partial charge in [0.1, 0.15) is 0 Å². The summed E-state index contributed by atoms with van der Waals surface area (Å²) in [6.45, 7) is 7.56. The zero-order valence-electron chi connectivity index (χ0n) is 18.1. The van der Waals surface area contributed by atoms with Crippen molar-refractivity contribution in [3.63, 3.8) is 0 Å². The topological polar surface area (TPSA) is 41.4 Å². The lowest BCUT2D eigenvalue weighted by molar-refractivity contribution is 0.0784. The fraction of sp³-hybridized carbons (Fsp3) is 0.360. The Morgan fingerprint density at radius 3 is 2.53 bits per heavy atom. The Labute approximate surface area is 179 Å². The van der Waals surface area contributed by atoms with E-state index in [-0.39, 0.29) is 5.91 Å². The van der Waals surface area contributed by atoms with Crippen molar-refractivity contribution in [3.05, 3.63) is 82.9 Å². The third-order valence-electron chi connectivity index (χ3n) is 6.04. The summed E-state index contributed by atoms with van der Waals surface area (Å²) in [6, 6.07) is 16.4. The van der Waals surface area contributed by atoms with Crippen molar-refractivity contribution in [2.45, 2.75) is 39.8 Å². The van der Waals surface area contributed by atoms with Gasteiger partial charge in [0.15, 0.2) is 0 Å². The van der Waals surface area contributed by atoms with E-state index >= 15 is 0 Å². The van der Waals surface area contributed by atoms with E-state index in [0.717, 1.165) is 35.7 Å². The number of carbonyl (C=O) groups excluding carboxylic acids is 1. The molecule has 0 atom stereocenters. The summed E-state index contributed by atoms with van der Waals surface area (Å²) in [6.07, 6.45) is 4.29. The standard InChI is InChI=1S/C25H30N4O/c1-19-16-23(20(2)29(19)18-22-11-6-7-13-26-22)25(30)27(3)17-21-10-4-5-12-24(21)28-14-8-9-15-28/h4-7,10-13,16H,8-9,14-15,17-18H2,1-3H3. The Kier molecular flexibility index (Phi) is 5.88. The van der Waals surface area contributed by atoms with Gasteiger partial charge in [-0.25, -0.2) is 0 Å². The molecule has 0 spiro atoms. The van der Waals surface area contributed by atoms with Crippen LogP contribution < -0.4 is 4.90 Å². The molecule has 30 heavy (non-hydrogen) atoms. The molecule has 0 N–H and O–H groups in total. The highest BCUT2D eigenvalue weighted by atomic mass is 16.2. The van der Waals surface area contributed by atoms with E-state index < -0.39 is 0 Å². The highest BCUT2D eigenvalue weighted by Gasteiger charge is 2.21. The predicted molar refractivity (Wildman–Crippen MR) is 121 cm³/mol. The molecule has 1 fully saturated rings. The summed E-state index contributed by atoms with van der Waals surface area (Å²) >= 11 is 0. The number of aromatic nitrogens is 2. The first kappa shape index (κ1) is 20.2. The van der Waals surface area contributed by atoms with Crippen LogP contribution in [0.3, 0.4) is 0 Å². The van der Waals surface area contributed by atoms with Gasteiger partial charge in [0.05, 0.1) is 17.8 Å². The summed E-state index contributed by atoms with van der Waals surface area (Å²) in [5.74, 6) is 0.0617. The molecule has 0 saturated carbocycles. The van der Waals surface area contributed by atoms with Crippen LogP contribution in [0.4, 0.5) is 5.69 Å². The molecule has 1 saturated heterocycles. The van der Waals surface area contributed by atoms with Gasteiger partial charge in [0, 0.05) is 50.0 Å². The zero-order chi connectivity index (χ0) is 21.1. The molecule has 0 unspecified atom stereocenters. The molecular formula is C25H30N4O. The molecule has 4 rings (SSSR count). The molecule has 2 aromatic heterocycles. The van der Waals surface area contributed by atoms with E-state index in [2.05, 4.69) is 45.6 Å². The van der Waals surface area contributed by atoms with Crippen LogP contribution in [0.1, 0.15) is 45.8 Å². The summed E-state index contributed by atoms with van der Waals surface area (Å²) in [5.41, 5.74) is 6.29. The van der Waals surface area contributed by atoms with Crippen molar-refractivity contribution in [2.24, 2.45) is 0 Å². The van der Waals surface area contributed by atoms with E-state index in [0.29, 0.717) is 13.1 Å². The predicted octanol–water partition coefficient (Wildman–Crippen LogP) is 4.42. The SMILES string of the molecule is Cc1cc(C(=O)N(C)Cc2ccccc2N2CCCC2)c(C)n1Cc1ccccn1. The molecule has 0 aliphatic carbocycles. The maximum absolute atomic E-state index is 13.3. The summed E-state index contributed by atoms with van der Waals surface area (Å²) in [5, 5.41) is 0. The fourth-order valence-corrected chi connectivity index (χ4v) is 4.36. The molecular weight excluding hydrogens is 372 g/mol. The molecule has 156 valence electrons. The number of benzene rings is 1. The van der Waals surface area contributed by atoms with Gasteiger partial charge in [-0.05, 0) is 56.5 Å². The van der Waals surface area contributed by atoms with Gasteiger partial charge in [-0.3, -0.25) is 9.78 Å². The van der Waals surface area contributed by atoms with E-state index in [1.165, 1.54) is 24.1 Å². The van der Waals surface area contributed by atoms with Gasteiger partial charge in [0.2, 0.25) is 0 Å². The van der Waals surface area contributed by atoms with Crippen molar-refractivity contribution in [1.29, 1.82) is 0 Å². The molecule has 5 heteroatoms. The first-order valence-electron chi connectivity index (χ1n) is 10.7. The van der Waals surface area contributed by atoms with Crippen molar-refractivity contribution in [3.8, 4) is 0 Å². The number of amides is 1. The molecule has 0 radical (unpaired) electrons. The molecule has 1 aliphatic rings. The van der Waals surface area contributed by atoms with Crippen LogP contribution in [0.5, 0.6) is 0 Å². The summed E-state index contributed by atoms with van der Waals surface area (Å²) < 4.78 is 2.17. The fourth-order valence-electron chi connectivity index (χ4n) is 4.36. The molecule has 0 bridgehead atoms. The number of para-hydroxylation sites is 1. The third kappa shape index (κ3) is 4.11. The minimum Gasteiger partial charge on any atom is -0.371 e. The Hall–Kier alpha value is -3.08. The maximum atomic E-state index is 13.3. The van der Waals surface area contributed by atoms with Crippen molar-refractivity contribution in [2.75, 3.05) is 25.0 Å². The van der Waals surface area contributed by atoms with Crippen LogP contribution >= 0.6 is 0 Å². The van der Waals surface area contributed by atoms with Crippen LogP contribution in [-0.2, 0) is 13.1 Å². The number of hydrogen-bond acceptors (Lipinski definition) is 3.